The molecule has 1 aliphatic heterocycles. The van der Waals surface area contributed by atoms with Crippen molar-refractivity contribution < 1.29 is 4.79 Å². The Labute approximate surface area is 224 Å². The van der Waals surface area contributed by atoms with Crippen molar-refractivity contribution in [3.05, 3.63) is 76.2 Å². The summed E-state index contributed by atoms with van der Waals surface area (Å²) < 4.78 is 4.54. The molecule has 1 amide bonds. The fraction of sp³-hybridized carbons (Fsp3) is 0.346. The predicted octanol–water partition coefficient (Wildman–Crippen LogP) is 1.80. The maximum atomic E-state index is 12.5. The summed E-state index contributed by atoms with van der Waals surface area (Å²) in [6.45, 7) is 7.37. The number of H-pyrrole nitrogens is 1. The number of anilines is 1. The lowest BCUT2D eigenvalue weighted by molar-refractivity contribution is 0.0979. The lowest BCUT2D eigenvalue weighted by atomic mass is 10.1. The molecule has 0 radical (unpaired) electrons. The number of nitrogens with zero attached hydrogens (tertiary/aromatic N) is 6. The molecule has 0 unspecified atom stereocenters. The van der Waals surface area contributed by atoms with Gasteiger partial charge in [0.1, 0.15) is 5.69 Å². The van der Waals surface area contributed by atoms with Gasteiger partial charge in [-0.05, 0) is 48.2 Å². The maximum Gasteiger partial charge on any atom is 0.279 e. The molecule has 1 fully saturated rings. The molecule has 0 spiro atoms. The van der Waals surface area contributed by atoms with E-state index < -0.39 is 0 Å². The van der Waals surface area contributed by atoms with Crippen LogP contribution in [0.2, 0.25) is 0 Å². The minimum atomic E-state index is -0.255. The molecule has 5 rings (SSSR count). The van der Waals surface area contributed by atoms with E-state index in [0.29, 0.717) is 25.2 Å². The van der Waals surface area contributed by atoms with Crippen LogP contribution in [0.3, 0.4) is 0 Å². The second-order valence-corrected chi connectivity index (χ2v) is 10.1. The molecule has 5 heterocycles. The van der Waals surface area contributed by atoms with Crippen LogP contribution in [0.15, 0.2) is 58.7 Å². The number of hydrogen-bond acceptors (Lipinski definition) is 9. The molecular formula is C26H31N9O2S. The molecule has 0 bridgehead atoms. The van der Waals surface area contributed by atoms with Crippen molar-refractivity contribution in [1.29, 1.82) is 0 Å². The molecule has 4 aromatic heterocycles. The first-order valence-corrected chi connectivity index (χ1v) is 13.5. The molecule has 0 aromatic carbocycles. The number of aromatic nitrogens is 5. The first-order chi connectivity index (χ1) is 18.5. The fourth-order valence-corrected chi connectivity index (χ4v) is 5.04. The monoisotopic (exact) mass is 533 g/mol. The lowest BCUT2D eigenvalue weighted by Crippen LogP contribution is -2.46. The van der Waals surface area contributed by atoms with Gasteiger partial charge in [0.25, 0.3) is 11.5 Å². The zero-order valence-corrected chi connectivity index (χ0v) is 22.1. The normalized spacial score (nSPS) is 14.2. The van der Waals surface area contributed by atoms with E-state index >= 15 is 0 Å². The van der Waals surface area contributed by atoms with Gasteiger partial charge in [0, 0.05) is 57.2 Å². The van der Waals surface area contributed by atoms with Gasteiger partial charge in [0.2, 0.25) is 0 Å². The van der Waals surface area contributed by atoms with Crippen LogP contribution in [0.4, 0.5) is 5.69 Å². The summed E-state index contributed by atoms with van der Waals surface area (Å²) in [4.78, 5) is 42.1. The van der Waals surface area contributed by atoms with Crippen LogP contribution in [0, 0.1) is 0 Å². The SMILES string of the molecule is CCc1cc2ncc(CN3CCN(c4ccc(C(=O)NSc5cnn(CCN)c5)nc4)CC3)cc2[nH]c1=O. The minimum Gasteiger partial charge on any atom is -0.368 e. The summed E-state index contributed by atoms with van der Waals surface area (Å²) in [6.07, 6.45) is 7.86. The number of nitrogens with one attached hydrogen (secondary N) is 2. The van der Waals surface area contributed by atoms with Gasteiger partial charge in [0.15, 0.2) is 0 Å². The Hall–Kier alpha value is -3.74. The topological polar surface area (TPSA) is 138 Å². The quantitative estimate of drug-likeness (QED) is 0.275. The number of carbonyl (C=O) groups is 1. The predicted molar refractivity (Wildman–Crippen MR) is 148 cm³/mol. The van der Waals surface area contributed by atoms with Crippen LogP contribution in [0.1, 0.15) is 28.5 Å². The van der Waals surface area contributed by atoms with Gasteiger partial charge in [-0.1, -0.05) is 6.92 Å². The molecule has 0 atom stereocenters. The van der Waals surface area contributed by atoms with Crippen LogP contribution in [-0.2, 0) is 19.5 Å². The summed E-state index contributed by atoms with van der Waals surface area (Å²) >= 11 is 1.20. The Morgan fingerprint density at radius 2 is 1.97 bits per heavy atom. The van der Waals surface area contributed by atoms with Crippen molar-refractivity contribution in [1.82, 2.24) is 34.4 Å². The average Bonchev–Trinajstić information content (AvgIpc) is 3.39. The van der Waals surface area contributed by atoms with Gasteiger partial charge in [-0.2, -0.15) is 5.10 Å². The van der Waals surface area contributed by atoms with Crippen molar-refractivity contribution in [3.8, 4) is 0 Å². The zero-order valence-electron chi connectivity index (χ0n) is 21.3. The van der Waals surface area contributed by atoms with E-state index in [9.17, 15) is 9.59 Å². The average molecular weight is 534 g/mol. The highest BCUT2D eigenvalue weighted by Gasteiger charge is 2.19. The number of aromatic amines is 1. The van der Waals surface area contributed by atoms with Crippen molar-refractivity contribution in [3.63, 3.8) is 0 Å². The molecule has 0 aliphatic carbocycles. The van der Waals surface area contributed by atoms with Crippen molar-refractivity contribution in [2.75, 3.05) is 37.6 Å². The van der Waals surface area contributed by atoms with Crippen LogP contribution in [0.25, 0.3) is 11.0 Å². The van der Waals surface area contributed by atoms with Crippen LogP contribution < -0.4 is 20.9 Å². The van der Waals surface area contributed by atoms with Crippen molar-refractivity contribution >= 4 is 34.6 Å². The van der Waals surface area contributed by atoms with Crippen molar-refractivity contribution in [2.24, 2.45) is 5.73 Å². The highest BCUT2D eigenvalue weighted by Crippen LogP contribution is 2.19. The molecule has 0 saturated carbocycles. The van der Waals surface area contributed by atoms with E-state index in [0.717, 1.165) is 65.5 Å². The van der Waals surface area contributed by atoms with Gasteiger partial charge in [-0.15, -0.1) is 0 Å². The zero-order chi connectivity index (χ0) is 26.5. The Morgan fingerprint density at radius 3 is 2.71 bits per heavy atom. The van der Waals surface area contributed by atoms with E-state index in [-0.39, 0.29) is 11.5 Å². The van der Waals surface area contributed by atoms with Gasteiger partial charge in [0.05, 0.1) is 40.6 Å². The first kappa shape index (κ1) is 25.9. The summed E-state index contributed by atoms with van der Waals surface area (Å²) in [7, 11) is 0. The highest BCUT2D eigenvalue weighted by molar-refractivity contribution is 7.98. The van der Waals surface area contributed by atoms with Crippen LogP contribution in [-0.4, -0.2) is 68.3 Å². The summed E-state index contributed by atoms with van der Waals surface area (Å²) in [5.74, 6) is -0.255. The Morgan fingerprint density at radius 1 is 1.13 bits per heavy atom. The first-order valence-electron chi connectivity index (χ1n) is 12.7. The number of rotatable bonds is 9. The Balaban J connectivity index is 1.12. The lowest BCUT2D eigenvalue weighted by Gasteiger charge is -2.36. The molecule has 11 nitrogen and oxygen atoms in total. The molecular weight excluding hydrogens is 502 g/mol. The number of aryl methyl sites for hydroxylation is 1. The van der Waals surface area contributed by atoms with Gasteiger partial charge in [-0.3, -0.25) is 28.9 Å². The largest absolute Gasteiger partial charge is 0.368 e. The highest BCUT2D eigenvalue weighted by atomic mass is 32.2. The summed E-state index contributed by atoms with van der Waals surface area (Å²) in [5, 5.41) is 4.19. The Bertz CT molecular complexity index is 1460. The molecule has 1 aliphatic rings. The van der Waals surface area contributed by atoms with Gasteiger partial charge < -0.3 is 15.6 Å². The Kier molecular flexibility index (Phi) is 8.01. The number of hydrogen-bond donors (Lipinski definition) is 3. The number of piperazine rings is 1. The third kappa shape index (κ3) is 6.04. The summed E-state index contributed by atoms with van der Waals surface area (Å²) in [6, 6.07) is 7.59. The van der Waals surface area contributed by atoms with E-state index in [2.05, 4.69) is 34.6 Å². The molecule has 4 N–H and O–H groups in total. The number of amides is 1. The molecule has 12 heteroatoms. The van der Waals surface area contributed by atoms with E-state index in [1.54, 1.807) is 23.1 Å². The fourth-order valence-electron chi connectivity index (χ4n) is 4.46. The second-order valence-electron chi connectivity index (χ2n) is 9.18. The van der Waals surface area contributed by atoms with Crippen LogP contribution >= 0.6 is 11.9 Å². The van der Waals surface area contributed by atoms with Crippen LogP contribution in [0.5, 0.6) is 0 Å². The molecule has 38 heavy (non-hydrogen) atoms. The molecule has 4 aromatic rings. The van der Waals surface area contributed by atoms with Gasteiger partial charge in [-0.25, -0.2) is 4.98 Å². The minimum absolute atomic E-state index is 0.0428. The standard InChI is InChI=1S/C26H31N9O2S/c1-2-19-12-23-24(31-25(19)36)11-18(13-28-23)16-33-7-9-34(10-8-33)20-3-4-22(29-14-20)26(37)32-38-21-15-30-35(17-21)6-5-27/h3-4,11-15,17H,2,5-10,16,27H2,1H3,(H,31,36)(H,32,37). The van der Waals surface area contributed by atoms with Crippen molar-refractivity contribution in [2.45, 2.75) is 31.3 Å². The third-order valence-electron chi connectivity index (χ3n) is 6.56. The summed E-state index contributed by atoms with van der Waals surface area (Å²) in [5.41, 5.74) is 10.3. The van der Waals surface area contributed by atoms with E-state index in [1.165, 1.54) is 11.9 Å². The number of carbonyl (C=O) groups excluding carboxylic acids is 1. The van der Waals surface area contributed by atoms with Gasteiger partial charge >= 0.3 is 0 Å². The number of nitrogens with two attached hydrogens (primary N) is 1. The molecule has 198 valence electrons. The number of fused-ring (bicyclic) bond motifs is 1. The second kappa shape index (κ2) is 11.8. The smallest absolute Gasteiger partial charge is 0.279 e. The molecule has 1 saturated heterocycles. The maximum absolute atomic E-state index is 12.5. The van der Waals surface area contributed by atoms with E-state index in [1.807, 2.05) is 37.5 Å². The van der Waals surface area contributed by atoms with E-state index in [4.69, 9.17) is 5.73 Å². The third-order valence-corrected chi connectivity index (χ3v) is 7.29. The number of pyridine rings is 3.